The highest BCUT2D eigenvalue weighted by Crippen LogP contribution is 2.41. The second kappa shape index (κ2) is 36.6. The summed E-state index contributed by atoms with van der Waals surface area (Å²) in [6, 6.07) is -1.07. The summed E-state index contributed by atoms with van der Waals surface area (Å²) in [6.07, 6.45) is 3.42. The van der Waals surface area contributed by atoms with Crippen molar-refractivity contribution in [1.82, 2.24) is 46.2 Å². The standard InChI is InChI=1S/C59H89N19O13S.C2H4O2/c60-37(14-5-19-67-57(61)62)48(82)72-38(15-6-20-68-58(63)64)52(86)75-22-8-18-43(75)54(88)77-30-35(80)26-44(77)50(84)70-28-47(81)71-40(27-36-13-9-23-92-36)49(83)74-41(31-79)53(87)76-29-34-12-2-1-10-32(34)24-46(76)55(89)78-42-17-4-3-11-33(42)25-45(78)51(85)73-39(56(90)91)16-7-21-69-59(65)66;1-2(3)4/h1-2,9-10,12-13,23,33,35,37-46,79-80H,3-8,11,14-22,24-31,60H2,(H,70,84)(H,71,81)(H,72,82)(H,73,85)(H,74,83)(H,90,91)(H4,61,62,67)(H4,63,64,68)(H4,65,66,69);1H3,(H,3,4)/t33?,35-,37-,38+,39+,40+,41+,42?,43+,44+,45+,46-;/m1./s1. The van der Waals surface area contributed by atoms with Crippen LogP contribution in [-0.4, -0.2) is 235 Å². The van der Waals surface area contributed by atoms with Gasteiger partial charge in [-0.05, 0) is 99.1 Å². The zero-order valence-corrected chi connectivity index (χ0v) is 54.6. The van der Waals surface area contributed by atoms with E-state index in [1.54, 1.807) is 35.7 Å². The van der Waals surface area contributed by atoms with Crippen LogP contribution in [-0.2, 0) is 72.1 Å². The number of aliphatic hydroxyl groups excluding tert-OH is 2. The average Bonchev–Trinajstić information content (AvgIpc) is 1.41. The van der Waals surface area contributed by atoms with E-state index in [0.29, 0.717) is 29.7 Å². The van der Waals surface area contributed by atoms with E-state index in [-0.39, 0.29) is 127 Å². The molecule has 34 nitrogen and oxygen atoms in total. The fourth-order valence-electron chi connectivity index (χ4n) is 12.9. The zero-order chi connectivity index (χ0) is 70.3. The van der Waals surface area contributed by atoms with Crippen molar-refractivity contribution in [2.45, 2.75) is 183 Å². The Morgan fingerprint density at radius 1 is 0.625 bits per heavy atom. The number of benzene rings is 1. The molecule has 1 saturated carbocycles. The number of rotatable bonds is 30. The Kier molecular flexibility index (Phi) is 28.9. The maximum atomic E-state index is 15.3. The Labute approximate surface area is 559 Å². The van der Waals surface area contributed by atoms with Crippen molar-refractivity contribution in [3.63, 3.8) is 0 Å². The first-order valence-corrected chi connectivity index (χ1v) is 33.0. The molecule has 0 spiro atoms. The summed E-state index contributed by atoms with van der Waals surface area (Å²) in [5.41, 5.74) is 40.3. The summed E-state index contributed by atoms with van der Waals surface area (Å²) >= 11 is 1.27. The average molecular weight is 1360 g/mol. The van der Waals surface area contributed by atoms with E-state index >= 15 is 4.79 Å². The predicted molar refractivity (Wildman–Crippen MR) is 351 cm³/mol. The summed E-state index contributed by atoms with van der Waals surface area (Å²) in [6.45, 7) is -0.375. The molecule has 23 N–H and O–H groups in total. The number of carbonyl (C=O) groups is 11. The minimum Gasteiger partial charge on any atom is -0.481 e. The lowest BCUT2D eigenvalue weighted by molar-refractivity contribution is -0.153. The summed E-state index contributed by atoms with van der Waals surface area (Å²) in [7, 11) is 0. The van der Waals surface area contributed by atoms with Gasteiger partial charge in [-0.2, -0.15) is 0 Å². The number of nitrogens with one attached hydrogen (secondary N) is 5. The molecule has 0 bridgehead atoms. The third-order valence-corrected chi connectivity index (χ3v) is 18.3. The highest BCUT2D eigenvalue weighted by molar-refractivity contribution is 7.09. The van der Waals surface area contributed by atoms with Crippen LogP contribution in [0.2, 0.25) is 0 Å². The number of hydrogen-bond acceptors (Lipinski definition) is 18. The molecule has 0 radical (unpaired) electrons. The van der Waals surface area contributed by atoms with Crippen LogP contribution >= 0.6 is 11.3 Å². The number of hydrogen-bond donors (Lipinski definition) is 16. The Morgan fingerprint density at radius 2 is 1.23 bits per heavy atom. The summed E-state index contributed by atoms with van der Waals surface area (Å²) in [5, 5.41) is 54.2. The van der Waals surface area contributed by atoms with E-state index in [0.717, 1.165) is 36.6 Å². The van der Waals surface area contributed by atoms with Gasteiger partial charge < -0.3 is 107 Å². The van der Waals surface area contributed by atoms with Crippen molar-refractivity contribution < 1.29 is 73.2 Å². The Hall–Kier alpha value is -9.22. The molecule has 3 saturated heterocycles. The van der Waals surface area contributed by atoms with Crippen LogP contribution in [0.1, 0.15) is 113 Å². The van der Waals surface area contributed by atoms with Gasteiger partial charge in [0.05, 0.1) is 25.3 Å². The number of guanidine groups is 3. The number of carbonyl (C=O) groups excluding carboxylic acids is 9. The maximum Gasteiger partial charge on any atom is 0.326 e. The highest BCUT2D eigenvalue weighted by atomic mass is 32.1. The second-order valence-corrected chi connectivity index (χ2v) is 25.5. The number of amides is 9. The van der Waals surface area contributed by atoms with Gasteiger partial charge in [0, 0.05) is 76.4 Å². The lowest BCUT2D eigenvalue weighted by atomic mass is 9.84. The molecule has 1 aromatic carbocycles. The molecular weight excluding hydrogens is 1270 g/mol. The van der Waals surface area contributed by atoms with E-state index in [1.807, 2.05) is 6.07 Å². The number of fused-ring (bicyclic) bond motifs is 2. The van der Waals surface area contributed by atoms with Gasteiger partial charge in [-0.25, -0.2) is 4.79 Å². The molecule has 5 heterocycles. The van der Waals surface area contributed by atoms with Crippen molar-refractivity contribution >= 4 is 94.3 Å². The van der Waals surface area contributed by atoms with Crippen molar-refractivity contribution in [3.8, 4) is 0 Å². The van der Waals surface area contributed by atoms with Crippen LogP contribution in [0.4, 0.5) is 0 Å². The van der Waals surface area contributed by atoms with Gasteiger partial charge in [0.25, 0.3) is 5.97 Å². The molecule has 35 heteroatoms. The molecule has 1 aliphatic carbocycles. The molecule has 5 aliphatic rings. The molecule has 4 aliphatic heterocycles. The van der Waals surface area contributed by atoms with Crippen LogP contribution < -0.4 is 66.7 Å². The van der Waals surface area contributed by atoms with Crippen LogP contribution in [0.25, 0.3) is 0 Å². The molecule has 2 aromatic rings. The molecule has 7 rings (SSSR count). The van der Waals surface area contributed by atoms with Gasteiger partial charge in [-0.3, -0.25) is 62.9 Å². The predicted octanol–water partition coefficient (Wildman–Crippen LogP) is -4.93. The fourth-order valence-corrected chi connectivity index (χ4v) is 13.6. The number of aliphatic hydroxyl groups is 2. The Morgan fingerprint density at radius 3 is 1.84 bits per heavy atom. The number of likely N-dealkylation sites (tertiary alicyclic amines) is 3. The van der Waals surface area contributed by atoms with Crippen molar-refractivity contribution in [2.24, 2.45) is 61.0 Å². The number of carboxylic acids is 2. The smallest absolute Gasteiger partial charge is 0.326 e. The highest BCUT2D eigenvalue weighted by Gasteiger charge is 2.52. The van der Waals surface area contributed by atoms with Crippen molar-refractivity contribution in [1.29, 1.82) is 0 Å². The number of thiophene rings is 1. The monoisotopic (exact) mass is 1360 g/mol. The van der Waals surface area contributed by atoms with Crippen LogP contribution in [0.3, 0.4) is 0 Å². The first-order valence-electron chi connectivity index (χ1n) is 32.1. The van der Waals surface area contributed by atoms with E-state index in [9.17, 15) is 58.5 Å². The van der Waals surface area contributed by atoms with Gasteiger partial charge >= 0.3 is 5.97 Å². The van der Waals surface area contributed by atoms with Gasteiger partial charge in [0.2, 0.25) is 53.2 Å². The normalized spacial score (nSPS) is 21.7. The lowest BCUT2D eigenvalue weighted by Crippen LogP contribution is -2.63. The number of nitrogens with zero attached hydrogens (tertiary/aromatic N) is 7. The van der Waals surface area contributed by atoms with E-state index < -0.39 is 145 Å². The molecule has 96 heavy (non-hydrogen) atoms. The number of carboxylic acid groups (broad SMARTS) is 2. The first-order chi connectivity index (χ1) is 45.7. The number of aliphatic imine (C=N–C) groups is 3. The molecule has 2 unspecified atom stereocenters. The van der Waals surface area contributed by atoms with Crippen molar-refractivity contribution in [3.05, 3.63) is 57.8 Å². The van der Waals surface area contributed by atoms with E-state index in [2.05, 4.69) is 41.6 Å². The Bertz CT molecular complexity index is 3160. The quantitative estimate of drug-likeness (QED) is 0.0198. The molecule has 12 atom stereocenters. The Balaban J connectivity index is 0.00000354. The maximum absolute atomic E-state index is 15.3. The molecular formula is C61H93N19O15S. The third kappa shape index (κ3) is 21.7. The molecule has 9 amide bonds. The van der Waals surface area contributed by atoms with Crippen LogP contribution in [0.5, 0.6) is 0 Å². The minimum absolute atomic E-state index is 0.00000960. The molecule has 4 fully saturated rings. The lowest BCUT2D eigenvalue weighted by Gasteiger charge is -2.42. The zero-order valence-electron chi connectivity index (χ0n) is 53.8. The molecule has 528 valence electrons. The number of aliphatic carboxylic acids is 2. The van der Waals surface area contributed by atoms with Gasteiger partial charge in [0.15, 0.2) is 17.9 Å². The summed E-state index contributed by atoms with van der Waals surface area (Å²) in [4.78, 5) is 168. The van der Waals surface area contributed by atoms with Crippen LogP contribution in [0, 0.1) is 5.92 Å². The van der Waals surface area contributed by atoms with Gasteiger partial charge in [-0.15, -0.1) is 11.3 Å². The largest absolute Gasteiger partial charge is 0.481 e. The van der Waals surface area contributed by atoms with Crippen molar-refractivity contribution in [2.75, 3.05) is 45.9 Å². The third-order valence-electron chi connectivity index (χ3n) is 17.4. The number of β-amino-alcohol motifs (C(OH)–C–C–N with tert-alkyl or cyclic N) is 1. The summed E-state index contributed by atoms with van der Waals surface area (Å²) in [5.74, 6) is -9.16. The van der Waals surface area contributed by atoms with E-state index in [4.69, 9.17) is 50.0 Å². The second-order valence-electron chi connectivity index (χ2n) is 24.4. The first kappa shape index (κ1) is 75.8. The van der Waals surface area contributed by atoms with Gasteiger partial charge in [0.1, 0.15) is 48.3 Å². The van der Waals surface area contributed by atoms with Crippen LogP contribution in [0.15, 0.2) is 56.8 Å². The number of nitrogens with two attached hydrogens (primary N) is 7. The SMILES string of the molecule is CC(=O)O.NC(N)=NCCC[C@@H](N)C(=O)N[C@@H](CCCN=C(N)N)C(=O)N1CCC[C@H]1C(=O)N1C[C@H](O)C[C@H]1C(=O)NCC(=O)N[C@@H](Cc1cccs1)C(=O)N[C@@H](CO)C(=O)N1Cc2ccccc2C[C@@H]1C(=O)N1C2CCCCC2C[C@H]1C(=O)N[C@@H](CCCN=C(N)N)C(=O)O. The molecule has 1 aromatic heterocycles. The van der Waals surface area contributed by atoms with E-state index in [1.165, 1.54) is 26.0 Å². The fraction of sp³-hybridized carbons (Fsp3) is 0.607. The van der Waals surface area contributed by atoms with Gasteiger partial charge in [-0.1, -0.05) is 43.2 Å². The summed E-state index contributed by atoms with van der Waals surface area (Å²) < 4.78 is 0. The minimum atomic E-state index is -1.66. The topological polar surface area (TPSA) is 561 Å².